The average Bonchev–Trinajstić information content (AvgIpc) is 2.90. The van der Waals surface area contributed by atoms with Gasteiger partial charge in [0.25, 0.3) is 0 Å². The van der Waals surface area contributed by atoms with Gasteiger partial charge in [-0.05, 0) is 32.0 Å². The molecule has 2 unspecified atom stereocenters. The maximum Gasteiger partial charge on any atom is 0.231 e. The zero-order chi connectivity index (χ0) is 14.5. The van der Waals surface area contributed by atoms with Gasteiger partial charge in [-0.25, -0.2) is 0 Å². The molecule has 108 valence electrons. The van der Waals surface area contributed by atoms with E-state index in [9.17, 15) is 0 Å². The number of nitrogens with one attached hydrogen (secondary N) is 1. The number of rotatable bonds is 6. The first-order valence-electron chi connectivity index (χ1n) is 6.99. The van der Waals surface area contributed by atoms with E-state index in [4.69, 9.17) is 4.52 Å². The Bertz CT molecular complexity index is 556. The van der Waals surface area contributed by atoms with Crippen LogP contribution in [0.2, 0.25) is 0 Å². The van der Waals surface area contributed by atoms with Crippen LogP contribution < -0.4 is 5.32 Å². The monoisotopic (exact) mass is 337 g/mol. The Labute approximate surface area is 128 Å². The van der Waals surface area contributed by atoms with Crippen molar-refractivity contribution in [3.8, 4) is 11.4 Å². The van der Waals surface area contributed by atoms with Crippen LogP contribution in [0.1, 0.15) is 39.0 Å². The lowest BCUT2D eigenvalue weighted by atomic mass is 9.98. The van der Waals surface area contributed by atoms with Crippen LogP contribution in [0.4, 0.5) is 0 Å². The van der Waals surface area contributed by atoms with Crippen LogP contribution in [0, 0.1) is 0 Å². The first kappa shape index (κ1) is 15.2. The highest BCUT2D eigenvalue weighted by molar-refractivity contribution is 9.10. The van der Waals surface area contributed by atoms with E-state index in [-0.39, 0.29) is 5.92 Å². The minimum Gasteiger partial charge on any atom is -0.339 e. The third kappa shape index (κ3) is 3.27. The summed E-state index contributed by atoms with van der Waals surface area (Å²) in [5.41, 5.74) is 0.952. The summed E-state index contributed by atoms with van der Waals surface area (Å²) < 4.78 is 6.44. The van der Waals surface area contributed by atoms with Crippen LogP contribution in [0.5, 0.6) is 0 Å². The molecule has 0 bridgehead atoms. The van der Waals surface area contributed by atoms with Crippen LogP contribution in [0.25, 0.3) is 11.4 Å². The first-order chi connectivity index (χ1) is 9.67. The van der Waals surface area contributed by atoms with Crippen molar-refractivity contribution in [2.75, 3.05) is 6.54 Å². The van der Waals surface area contributed by atoms with Crippen molar-refractivity contribution in [1.82, 2.24) is 15.5 Å². The summed E-state index contributed by atoms with van der Waals surface area (Å²) in [6.45, 7) is 7.33. The number of benzene rings is 1. The van der Waals surface area contributed by atoms with E-state index >= 15 is 0 Å². The molecule has 2 rings (SSSR count). The highest BCUT2D eigenvalue weighted by atomic mass is 79.9. The second kappa shape index (κ2) is 6.99. The molecule has 0 saturated carbocycles. The molecule has 0 saturated heterocycles. The molecular weight excluding hydrogens is 318 g/mol. The number of nitrogens with zero attached hydrogens (tertiary/aromatic N) is 2. The molecule has 0 aliphatic carbocycles. The van der Waals surface area contributed by atoms with Gasteiger partial charge in [0.2, 0.25) is 11.7 Å². The maximum atomic E-state index is 5.47. The molecule has 0 amide bonds. The number of halogens is 1. The number of aromatic nitrogens is 2. The third-order valence-electron chi connectivity index (χ3n) is 3.44. The fourth-order valence-corrected chi connectivity index (χ4v) is 2.81. The number of hydrogen-bond donors (Lipinski definition) is 1. The van der Waals surface area contributed by atoms with E-state index < -0.39 is 0 Å². The molecule has 0 radical (unpaired) electrons. The second-order valence-electron chi connectivity index (χ2n) is 4.80. The van der Waals surface area contributed by atoms with Gasteiger partial charge < -0.3 is 9.84 Å². The number of likely N-dealkylation sites (N-methyl/N-ethyl adjacent to an activating group) is 1. The Morgan fingerprint density at radius 2 is 2.05 bits per heavy atom. The van der Waals surface area contributed by atoms with Gasteiger partial charge in [0.15, 0.2) is 0 Å². The quantitative estimate of drug-likeness (QED) is 0.865. The van der Waals surface area contributed by atoms with Crippen molar-refractivity contribution in [3.05, 3.63) is 34.6 Å². The zero-order valence-corrected chi connectivity index (χ0v) is 13.6. The molecule has 0 aliphatic rings. The topological polar surface area (TPSA) is 51.0 Å². The molecule has 0 fully saturated rings. The van der Waals surface area contributed by atoms with Gasteiger partial charge in [-0.15, -0.1) is 0 Å². The van der Waals surface area contributed by atoms with Gasteiger partial charge in [0.1, 0.15) is 0 Å². The van der Waals surface area contributed by atoms with Crippen LogP contribution in [0.3, 0.4) is 0 Å². The molecule has 1 aromatic heterocycles. The Hall–Kier alpha value is -1.20. The minimum atomic E-state index is 0.235. The summed E-state index contributed by atoms with van der Waals surface area (Å²) in [6, 6.07) is 8.21. The molecule has 1 aromatic carbocycles. The highest BCUT2D eigenvalue weighted by Gasteiger charge is 2.23. The molecule has 0 aliphatic heterocycles. The van der Waals surface area contributed by atoms with Gasteiger partial charge in [-0.2, -0.15) is 4.98 Å². The van der Waals surface area contributed by atoms with Crippen LogP contribution in [0.15, 0.2) is 33.3 Å². The van der Waals surface area contributed by atoms with Crippen molar-refractivity contribution in [1.29, 1.82) is 0 Å². The van der Waals surface area contributed by atoms with E-state index in [1.54, 1.807) is 0 Å². The van der Waals surface area contributed by atoms with Crippen molar-refractivity contribution < 1.29 is 4.52 Å². The highest BCUT2D eigenvalue weighted by Crippen LogP contribution is 2.28. The molecular formula is C15H20BrN3O. The largest absolute Gasteiger partial charge is 0.339 e. The van der Waals surface area contributed by atoms with Crippen LogP contribution in [-0.4, -0.2) is 22.7 Å². The van der Waals surface area contributed by atoms with E-state index in [1.807, 2.05) is 24.3 Å². The Balaban J connectivity index is 2.26. The van der Waals surface area contributed by atoms with Gasteiger partial charge in [0.05, 0.1) is 5.92 Å². The van der Waals surface area contributed by atoms with Gasteiger partial charge in [-0.3, -0.25) is 0 Å². The minimum absolute atomic E-state index is 0.235. The van der Waals surface area contributed by atoms with Crippen molar-refractivity contribution in [3.63, 3.8) is 0 Å². The van der Waals surface area contributed by atoms with E-state index in [0.717, 1.165) is 23.0 Å². The predicted octanol–water partition coefficient (Wildman–Crippen LogP) is 3.99. The van der Waals surface area contributed by atoms with Gasteiger partial charge in [0, 0.05) is 16.1 Å². The van der Waals surface area contributed by atoms with Gasteiger partial charge in [-0.1, -0.05) is 47.1 Å². The lowest BCUT2D eigenvalue weighted by Crippen LogP contribution is -2.31. The molecule has 2 aromatic rings. The molecule has 0 spiro atoms. The molecule has 4 nitrogen and oxygen atoms in total. The SMILES string of the molecule is CCNC(C)C(CC)c1nc(-c2ccccc2Br)no1. The smallest absolute Gasteiger partial charge is 0.231 e. The lowest BCUT2D eigenvalue weighted by Gasteiger charge is -2.19. The summed E-state index contributed by atoms with van der Waals surface area (Å²) in [5.74, 6) is 1.57. The van der Waals surface area contributed by atoms with Crippen molar-refractivity contribution in [2.45, 2.75) is 39.2 Å². The van der Waals surface area contributed by atoms with Crippen molar-refractivity contribution in [2.24, 2.45) is 0 Å². The summed E-state index contributed by atoms with van der Waals surface area (Å²) in [7, 11) is 0. The Morgan fingerprint density at radius 1 is 1.30 bits per heavy atom. The van der Waals surface area contributed by atoms with Crippen LogP contribution >= 0.6 is 15.9 Å². The fraction of sp³-hybridized carbons (Fsp3) is 0.467. The van der Waals surface area contributed by atoms with Crippen LogP contribution in [-0.2, 0) is 0 Å². The van der Waals surface area contributed by atoms with E-state index in [1.165, 1.54) is 0 Å². The molecule has 5 heteroatoms. The third-order valence-corrected chi connectivity index (χ3v) is 4.13. The summed E-state index contributed by atoms with van der Waals surface area (Å²) in [4.78, 5) is 4.57. The maximum absolute atomic E-state index is 5.47. The zero-order valence-electron chi connectivity index (χ0n) is 12.1. The second-order valence-corrected chi connectivity index (χ2v) is 5.65. The van der Waals surface area contributed by atoms with E-state index in [2.05, 4.69) is 52.2 Å². The molecule has 2 atom stereocenters. The average molecular weight is 338 g/mol. The van der Waals surface area contributed by atoms with Gasteiger partial charge >= 0.3 is 0 Å². The summed E-state index contributed by atoms with van der Waals surface area (Å²) >= 11 is 3.52. The predicted molar refractivity (Wildman–Crippen MR) is 83.6 cm³/mol. The Kier molecular flexibility index (Phi) is 5.31. The molecule has 20 heavy (non-hydrogen) atoms. The Morgan fingerprint density at radius 3 is 2.70 bits per heavy atom. The number of hydrogen-bond acceptors (Lipinski definition) is 4. The fourth-order valence-electron chi connectivity index (χ4n) is 2.34. The summed E-state index contributed by atoms with van der Waals surface area (Å²) in [5, 5.41) is 7.53. The first-order valence-corrected chi connectivity index (χ1v) is 7.78. The summed E-state index contributed by atoms with van der Waals surface area (Å²) in [6.07, 6.45) is 0.964. The van der Waals surface area contributed by atoms with E-state index in [0.29, 0.717) is 17.8 Å². The molecule has 1 heterocycles. The normalized spacial score (nSPS) is 14.2. The lowest BCUT2D eigenvalue weighted by molar-refractivity contribution is 0.318. The van der Waals surface area contributed by atoms with Crippen molar-refractivity contribution >= 4 is 15.9 Å². The molecule has 1 N–H and O–H groups in total. The standard InChI is InChI=1S/C15H20BrN3O/c1-4-11(10(3)17-5-2)15-18-14(19-20-15)12-8-6-7-9-13(12)16/h6-11,17H,4-5H2,1-3H3.